The van der Waals surface area contributed by atoms with E-state index in [1.165, 1.54) is 29.7 Å². The van der Waals surface area contributed by atoms with E-state index in [-0.39, 0.29) is 21.7 Å². The molecule has 0 aliphatic heterocycles. The normalized spacial score (nSPS) is 11.0. The Hall–Kier alpha value is -3.73. The molecule has 1 amide bonds. The van der Waals surface area contributed by atoms with Crippen LogP contribution in [-0.4, -0.2) is 29.0 Å². The smallest absolute Gasteiger partial charge is 0.255 e. The van der Waals surface area contributed by atoms with Gasteiger partial charge in [-0.05, 0) is 42.8 Å². The number of benzene rings is 2. The fraction of sp³-hybridized carbons (Fsp3) is 0.130. The number of fused-ring (bicyclic) bond motifs is 1. The van der Waals surface area contributed by atoms with Crippen LogP contribution >= 0.6 is 15.9 Å². The molecule has 0 aliphatic rings. The number of anilines is 2. The lowest BCUT2D eigenvalue weighted by molar-refractivity contribution is -0.119. The van der Waals surface area contributed by atoms with Gasteiger partial charge in [0, 0.05) is 22.3 Å². The minimum absolute atomic E-state index is 0.0758. The minimum Gasteiger partial charge on any atom is -0.497 e. The SMILES string of the molecule is COc1cc(C)c(-c2nc3ccc(F)cn3c2Nc2c(F)cc(Br)cc2F)c(OCC(N)=O)c1. The predicted octanol–water partition coefficient (Wildman–Crippen LogP) is 5.11. The molecule has 3 N–H and O–H groups in total. The Morgan fingerprint density at radius 3 is 2.53 bits per heavy atom. The molecule has 0 fully saturated rings. The molecule has 4 aromatic rings. The molecule has 0 atom stereocenters. The number of carbonyl (C=O) groups is 1. The van der Waals surface area contributed by atoms with Gasteiger partial charge in [0.2, 0.25) is 0 Å². The molecule has 0 aliphatic carbocycles. The van der Waals surface area contributed by atoms with Gasteiger partial charge >= 0.3 is 0 Å². The van der Waals surface area contributed by atoms with E-state index in [4.69, 9.17) is 15.2 Å². The first-order chi connectivity index (χ1) is 16.2. The number of nitrogens with two attached hydrogens (primary N) is 1. The number of imidazole rings is 1. The van der Waals surface area contributed by atoms with Crippen LogP contribution in [-0.2, 0) is 4.79 Å². The van der Waals surface area contributed by atoms with Crippen LogP contribution in [0.25, 0.3) is 16.9 Å². The summed E-state index contributed by atoms with van der Waals surface area (Å²) < 4.78 is 55.9. The van der Waals surface area contributed by atoms with Crippen molar-refractivity contribution in [3.05, 3.63) is 70.1 Å². The van der Waals surface area contributed by atoms with Crippen LogP contribution in [0.2, 0.25) is 0 Å². The second kappa shape index (κ2) is 9.26. The summed E-state index contributed by atoms with van der Waals surface area (Å²) in [5.74, 6) is -2.34. The standard InChI is InChI=1S/C23H18BrF3N4O3/c1-11-5-14(33-2)8-17(34-10-18(28)32)20(11)22-23(31-9-13(25)3-4-19(31)29-22)30-21-15(26)6-12(24)7-16(21)27/h3-9,30H,10H2,1-2H3,(H2,28,32). The highest BCUT2D eigenvalue weighted by atomic mass is 79.9. The van der Waals surface area contributed by atoms with Crippen LogP contribution in [0.15, 0.2) is 47.1 Å². The Morgan fingerprint density at radius 2 is 1.88 bits per heavy atom. The number of hydrogen-bond acceptors (Lipinski definition) is 5. The third-order valence-corrected chi connectivity index (χ3v) is 5.41. The summed E-state index contributed by atoms with van der Waals surface area (Å²) >= 11 is 3.05. The molecule has 34 heavy (non-hydrogen) atoms. The van der Waals surface area contributed by atoms with E-state index in [0.29, 0.717) is 22.5 Å². The van der Waals surface area contributed by atoms with Gasteiger partial charge in [-0.2, -0.15) is 0 Å². The van der Waals surface area contributed by atoms with Crippen LogP contribution in [0.3, 0.4) is 0 Å². The summed E-state index contributed by atoms with van der Waals surface area (Å²) in [6.07, 6.45) is 1.13. The van der Waals surface area contributed by atoms with E-state index < -0.39 is 35.7 Å². The molecule has 176 valence electrons. The Bertz CT molecular complexity index is 1400. The van der Waals surface area contributed by atoms with Gasteiger partial charge < -0.3 is 20.5 Å². The minimum atomic E-state index is -0.874. The number of nitrogens with one attached hydrogen (secondary N) is 1. The molecule has 0 saturated heterocycles. The molecule has 0 saturated carbocycles. The maximum absolute atomic E-state index is 14.7. The molecule has 0 spiro atoms. The highest BCUT2D eigenvalue weighted by molar-refractivity contribution is 9.10. The quantitative estimate of drug-likeness (QED) is 0.344. The maximum Gasteiger partial charge on any atom is 0.255 e. The van der Waals surface area contributed by atoms with Gasteiger partial charge in [-0.1, -0.05) is 15.9 Å². The first kappa shape index (κ1) is 23.4. The number of primary amides is 1. The lowest BCUT2D eigenvalue weighted by Crippen LogP contribution is -2.20. The van der Waals surface area contributed by atoms with Crippen molar-refractivity contribution >= 4 is 39.0 Å². The van der Waals surface area contributed by atoms with E-state index in [1.807, 2.05) is 0 Å². The van der Waals surface area contributed by atoms with Gasteiger partial charge in [0.1, 0.15) is 40.2 Å². The Morgan fingerprint density at radius 1 is 1.18 bits per heavy atom. The van der Waals surface area contributed by atoms with Gasteiger partial charge in [0.15, 0.2) is 18.2 Å². The monoisotopic (exact) mass is 534 g/mol. The van der Waals surface area contributed by atoms with Gasteiger partial charge in [0.25, 0.3) is 5.91 Å². The fourth-order valence-corrected chi connectivity index (χ4v) is 3.90. The third-order valence-electron chi connectivity index (χ3n) is 4.95. The number of aryl methyl sites for hydroxylation is 1. The number of rotatable bonds is 7. The number of pyridine rings is 1. The zero-order valence-electron chi connectivity index (χ0n) is 18.0. The summed E-state index contributed by atoms with van der Waals surface area (Å²) in [5.41, 5.74) is 6.29. The van der Waals surface area contributed by atoms with Crippen molar-refractivity contribution in [1.82, 2.24) is 9.38 Å². The molecule has 2 aromatic heterocycles. The highest BCUT2D eigenvalue weighted by Crippen LogP contribution is 2.42. The first-order valence-electron chi connectivity index (χ1n) is 9.87. The van der Waals surface area contributed by atoms with Gasteiger partial charge in [-0.25, -0.2) is 18.2 Å². The van der Waals surface area contributed by atoms with E-state index in [9.17, 15) is 18.0 Å². The molecule has 2 heterocycles. The van der Waals surface area contributed by atoms with Crippen molar-refractivity contribution in [2.24, 2.45) is 5.73 Å². The molecule has 2 aromatic carbocycles. The number of carbonyl (C=O) groups excluding carboxylic acids is 1. The number of halogens is 4. The van der Waals surface area contributed by atoms with Crippen molar-refractivity contribution in [2.75, 3.05) is 19.0 Å². The number of ether oxygens (including phenoxy) is 2. The summed E-state index contributed by atoms with van der Waals surface area (Å²) in [6, 6.07) is 8.04. The van der Waals surface area contributed by atoms with Crippen LogP contribution < -0.4 is 20.5 Å². The van der Waals surface area contributed by atoms with Crippen LogP contribution in [0, 0.1) is 24.4 Å². The lowest BCUT2D eigenvalue weighted by Gasteiger charge is -2.16. The van der Waals surface area contributed by atoms with Gasteiger partial charge in [0.05, 0.1) is 7.11 Å². The average Bonchev–Trinajstić information content (AvgIpc) is 3.11. The van der Waals surface area contributed by atoms with Gasteiger partial charge in [-0.15, -0.1) is 0 Å². The maximum atomic E-state index is 14.7. The van der Waals surface area contributed by atoms with Crippen molar-refractivity contribution in [3.63, 3.8) is 0 Å². The van der Waals surface area contributed by atoms with Crippen LogP contribution in [0.4, 0.5) is 24.7 Å². The second-order valence-corrected chi connectivity index (χ2v) is 8.24. The van der Waals surface area contributed by atoms with Crippen LogP contribution in [0.1, 0.15) is 5.56 Å². The molecular weight excluding hydrogens is 517 g/mol. The van der Waals surface area contributed by atoms with Crippen molar-refractivity contribution < 1.29 is 27.4 Å². The zero-order valence-corrected chi connectivity index (χ0v) is 19.5. The summed E-state index contributed by atoms with van der Waals surface area (Å²) in [7, 11) is 1.46. The Kier molecular flexibility index (Phi) is 6.38. The topological polar surface area (TPSA) is 90.9 Å². The number of nitrogens with zero attached hydrogens (tertiary/aromatic N) is 2. The lowest BCUT2D eigenvalue weighted by atomic mass is 10.0. The highest BCUT2D eigenvalue weighted by Gasteiger charge is 2.24. The third kappa shape index (κ3) is 4.51. The number of amides is 1. The number of methoxy groups -OCH3 is 1. The summed E-state index contributed by atoms with van der Waals surface area (Å²) in [6.45, 7) is 1.31. The van der Waals surface area contributed by atoms with Crippen molar-refractivity contribution in [1.29, 1.82) is 0 Å². The molecule has 7 nitrogen and oxygen atoms in total. The first-order valence-corrected chi connectivity index (χ1v) is 10.7. The molecule has 0 unspecified atom stereocenters. The largest absolute Gasteiger partial charge is 0.497 e. The summed E-state index contributed by atoms with van der Waals surface area (Å²) in [5, 5.41) is 2.72. The molecule has 11 heteroatoms. The predicted molar refractivity (Wildman–Crippen MR) is 124 cm³/mol. The molecule has 4 rings (SSSR count). The van der Waals surface area contributed by atoms with Gasteiger partial charge in [-0.3, -0.25) is 9.20 Å². The average molecular weight is 535 g/mol. The Labute approximate surface area is 200 Å². The number of aromatic nitrogens is 2. The fourth-order valence-electron chi connectivity index (χ4n) is 3.50. The Balaban J connectivity index is 1.98. The van der Waals surface area contributed by atoms with Crippen molar-refractivity contribution in [3.8, 4) is 22.8 Å². The second-order valence-electron chi connectivity index (χ2n) is 7.33. The van der Waals surface area contributed by atoms with E-state index in [2.05, 4.69) is 26.2 Å². The molecular formula is C23H18BrF3N4O3. The molecule has 0 radical (unpaired) electrons. The van der Waals surface area contributed by atoms with E-state index >= 15 is 0 Å². The summed E-state index contributed by atoms with van der Waals surface area (Å²) in [4.78, 5) is 15.9. The van der Waals surface area contributed by atoms with Crippen LogP contribution in [0.5, 0.6) is 11.5 Å². The van der Waals surface area contributed by atoms with E-state index in [1.54, 1.807) is 13.0 Å². The van der Waals surface area contributed by atoms with E-state index in [0.717, 1.165) is 18.3 Å². The van der Waals surface area contributed by atoms with Crippen molar-refractivity contribution in [2.45, 2.75) is 6.92 Å². The zero-order chi connectivity index (χ0) is 24.6. The number of hydrogen-bond donors (Lipinski definition) is 2. The molecule has 0 bridgehead atoms.